The number of rotatable bonds is 4. The Bertz CT molecular complexity index is 625. The molecule has 6 nitrogen and oxygen atoms in total. The van der Waals surface area contributed by atoms with E-state index in [0.717, 1.165) is 19.3 Å². The molecule has 3 aliphatic rings. The molecule has 2 N–H and O–H groups in total. The number of nitrogens with zero attached hydrogens (tertiary/aromatic N) is 1. The van der Waals surface area contributed by atoms with Gasteiger partial charge in [-0.1, -0.05) is 12.2 Å². The Labute approximate surface area is 135 Å². The van der Waals surface area contributed by atoms with Crippen LogP contribution in [0.1, 0.15) is 39.5 Å². The summed E-state index contributed by atoms with van der Waals surface area (Å²) < 4.78 is 5.44. The number of hydrogen-bond donors (Lipinski definition) is 2. The molecule has 0 aromatic heterocycles. The van der Waals surface area contributed by atoms with E-state index in [4.69, 9.17) is 11.3 Å². The number of aliphatic hydroxyl groups is 1. The van der Waals surface area contributed by atoms with Crippen molar-refractivity contribution >= 4 is 11.9 Å². The Hall–Kier alpha value is -1.87. The summed E-state index contributed by atoms with van der Waals surface area (Å²) in [5, 5.41) is 13.7. The fourth-order valence-electron chi connectivity index (χ4n) is 4.28. The molecule has 0 aromatic carbocycles. The van der Waals surface area contributed by atoms with Crippen LogP contribution in [0.4, 0.5) is 0 Å². The van der Waals surface area contributed by atoms with Crippen LogP contribution >= 0.6 is 0 Å². The van der Waals surface area contributed by atoms with Crippen molar-refractivity contribution in [1.29, 1.82) is 0 Å². The number of amides is 1. The van der Waals surface area contributed by atoms with Crippen LogP contribution in [0, 0.1) is 17.9 Å². The van der Waals surface area contributed by atoms with Gasteiger partial charge in [-0.15, -0.1) is 0 Å². The number of nitrogens with one attached hydrogen (secondary N) is 1. The molecule has 0 aromatic rings. The molecule has 2 fully saturated rings. The summed E-state index contributed by atoms with van der Waals surface area (Å²) in [6, 6.07) is 0. The molecular formula is C17H22N2O4. The van der Waals surface area contributed by atoms with E-state index >= 15 is 0 Å². The second kappa shape index (κ2) is 5.07. The summed E-state index contributed by atoms with van der Waals surface area (Å²) in [4.78, 5) is 28.3. The maximum atomic E-state index is 12.6. The van der Waals surface area contributed by atoms with Crippen molar-refractivity contribution in [3.05, 3.63) is 23.6 Å². The average Bonchev–Trinajstić information content (AvgIpc) is 2.69. The van der Waals surface area contributed by atoms with Crippen LogP contribution in [0.15, 0.2) is 12.2 Å². The molecule has 124 valence electrons. The monoisotopic (exact) mass is 318 g/mol. The van der Waals surface area contributed by atoms with Gasteiger partial charge in [0.15, 0.2) is 5.60 Å². The first kappa shape index (κ1) is 16.0. The van der Waals surface area contributed by atoms with Gasteiger partial charge in [-0.3, -0.25) is 4.79 Å². The number of hydrogen-bond acceptors (Lipinski definition) is 4. The quantitative estimate of drug-likeness (QED) is 0.464. The summed E-state index contributed by atoms with van der Waals surface area (Å²) in [6.07, 6.45) is 5.89. The van der Waals surface area contributed by atoms with Crippen molar-refractivity contribution in [2.45, 2.75) is 56.8 Å². The van der Waals surface area contributed by atoms with Gasteiger partial charge in [-0.2, -0.15) is 0 Å². The lowest BCUT2D eigenvalue weighted by Gasteiger charge is -2.56. The number of esters is 1. The third-order valence-electron chi connectivity index (χ3n) is 6.10. The molecule has 2 aliphatic heterocycles. The Kier molecular flexibility index (Phi) is 3.53. The molecule has 23 heavy (non-hydrogen) atoms. The van der Waals surface area contributed by atoms with Gasteiger partial charge in [0.25, 0.3) is 0 Å². The summed E-state index contributed by atoms with van der Waals surface area (Å²) in [6.45, 7) is 10.6. The molecule has 0 spiro atoms. The summed E-state index contributed by atoms with van der Waals surface area (Å²) in [5.41, 5.74) is -3.55. The Morgan fingerprint density at radius 1 is 1.52 bits per heavy atom. The predicted octanol–water partition coefficient (Wildman–Crippen LogP) is 1.20. The largest absolute Gasteiger partial charge is 0.453 e. The third kappa shape index (κ3) is 1.77. The normalized spacial score (nSPS) is 43.0. The molecular weight excluding hydrogens is 296 g/mol. The Balaban J connectivity index is 1.99. The van der Waals surface area contributed by atoms with Gasteiger partial charge < -0.3 is 20.0 Å². The first-order valence-corrected chi connectivity index (χ1v) is 8.07. The molecule has 0 bridgehead atoms. The fraction of sp³-hybridized carbons (Fsp3) is 0.706. The van der Waals surface area contributed by atoms with Crippen LogP contribution in [0.3, 0.4) is 0 Å². The van der Waals surface area contributed by atoms with Crippen LogP contribution in [0.2, 0.25) is 0 Å². The Morgan fingerprint density at radius 2 is 2.26 bits per heavy atom. The van der Waals surface area contributed by atoms with Crippen molar-refractivity contribution in [1.82, 2.24) is 5.32 Å². The summed E-state index contributed by atoms with van der Waals surface area (Å²) >= 11 is 0. The molecule has 1 amide bonds. The zero-order valence-electron chi connectivity index (χ0n) is 13.5. The highest BCUT2D eigenvalue weighted by molar-refractivity contribution is 6.03. The molecule has 1 aliphatic carbocycles. The summed E-state index contributed by atoms with van der Waals surface area (Å²) in [5.74, 6) is -1.08. The molecule has 3 rings (SSSR count). The minimum atomic E-state index is -1.41. The van der Waals surface area contributed by atoms with Crippen molar-refractivity contribution < 1.29 is 19.4 Å². The molecule has 0 unspecified atom stereocenters. The van der Waals surface area contributed by atoms with E-state index in [-0.39, 0.29) is 18.4 Å². The Morgan fingerprint density at radius 3 is 2.83 bits per heavy atom. The second-order valence-electron chi connectivity index (χ2n) is 7.12. The maximum absolute atomic E-state index is 12.6. The second-order valence-corrected chi connectivity index (χ2v) is 7.12. The highest BCUT2D eigenvalue weighted by Gasteiger charge is 2.83. The number of carbonyl (C=O) groups excluding carboxylic acids is 2. The molecule has 0 radical (unpaired) electrons. The highest BCUT2D eigenvalue weighted by atomic mass is 16.6. The van der Waals surface area contributed by atoms with Crippen LogP contribution in [-0.4, -0.2) is 40.8 Å². The average molecular weight is 318 g/mol. The standard InChI is InChI=1S/C17H22N2O4/c1-15(9-10-18-3)13(21)19-17(14(22)23-16(15,17)2)12(20)11-7-5-4-6-8-11/h5,7,11-12,20H,4,6,8-10H2,1-2H3,(H,19,21)/t11-,12+,15+,16+,17+/m1/s1. The first-order valence-electron chi connectivity index (χ1n) is 8.07. The van der Waals surface area contributed by atoms with E-state index < -0.39 is 28.6 Å². The van der Waals surface area contributed by atoms with Crippen molar-refractivity contribution in [2.75, 3.05) is 6.54 Å². The molecule has 0 saturated carbocycles. The lowest BCUT2D eigenvalue weighted by molar-refractivity contribution is -0.249. The molecule has 2 heterocycles. The van der Waals surface area contributed by atoms with Crippen LogP contribution in [0.5, 0.6) is 0 Å². The van der Waals surface area contributed by atoms with Crippen LogP contribution < -0.4 is 5.32 Å². The van der Waals surface area contributed by atoms with Crippen LogP contribution in [0.25, 0.3) is 4.85 Å². The zero-order chi connectivity index (χ0) is 16.9. The molecule has 6 heteroatoms. The van der Waals surface area contributed by atoms with Gasteiger partial charge >= 0.3 is 5.97 Å². The fourth-order valence-corrected chi connectivity index (χ4v) is 4.28. The lowest BCUT2D eigenvalue weighted by Crippen LogP contribution is -2.81. The van der Waals surface area contributed by atoms with Gasteiger partial charge in [-0.25, -0.2) is 11.4 Å². The SMILES string of the molecule is [C-]#[N+]CC[C@@]1(C)C(=O)N[C@@]2([C@@H](O)[C@@H]3C=CCCC3)C(=O)O[C@@]12C. The highest BCUT2D eigenvalue weighted by Crippen LogP contribution is 2.59. The number of aliphatic hydroxyl groups excluding tert-OH is 1. The first-order chi connectivity index (χ1) is 10.8. The van der Waals surface area contributed by atoms with E-state index in [1.165, 1.54) is 0 Å². The van der Waals surface area contributed by atoms with Crippen molar-refractivity contribution in [3.8, 4) is 0 Å². The van der Waals surface area contributed by atoms with E-state index in [1.54, 1.807) is 13.8 Å². The minimum Gasteiger partial charge on any atom is -0.453 e. The lowest BCUT2D eigenvalue weighted by atomic mass is 9.59. The van der Waals surface area contributed by atoms with Gasteiger partial charge in [0.2, 0.25) is 18.0 Å². The number of ether oxygens (including phenoxy) is 1. The smallest absolute Gasteiger partial charge is 0.339 e. The van der Waals surface area contributed by atoms with Gasteiger partial charge in [-0.05, 0) is 33.1 Å². The number of carbonyl (C=O) groups is 2. The summed E-state index contributed by atoms with van der Waals surface area (Å²) in [7, 11) is 0. The van der Waals surface area contributed by atoms with Crippen molar-refractivity contribution in [2.24, 2.45) is 11.3 Å². The number of allylic oxidation sites excluding steroid dienone is 1. The zero-order valence-corrected chi connectivity index (χ0v) is 13.5. The topological polar surface area (TPSA) is 80.0 Å². The van der Waals surface area contributed by atoms with E-state index in [9.17, 15) is 14.7 Å². The van der Waals surface area contributed by atoms with Gasteiger partial charge in [0, 0.05) is 12.3 Å². The maximum Gasteiger partial charge on any atom is 0.339 e. The van der Waals surface area contributed by atoms with E-state index in [1.807, 2.05) is 12.2 Å². The van der Waals surface area contributed by atoms with Gasteiger partial charge in [0.05, 0.1) is 11.5 Å². The third-order valence-corrected chi connectivity index (χ3v) is 6.10. The van der Waals surface area contributed by atoms with E-state index in [0.29, 0.717) is 6.42 Å². The molecule has 2 saturated heterocycles. The molecule has 5 atom stereocenters. The predicted molar refractivity (Wildman–Crippen MR) is 82.1 cm³/mol. The van der Waals surface area contributed by atoms with Crippen molar-refractivity contribution in [3.63, 3.8) is 0 Å². The van der Waals surface area contributed by atoms with Gasteiger partial charge in [0.1, 0.15) is 0 Å². The number of fused-ring (bicyclic) bond motifs is 1. The minimum absolute atomic E-state index is 0.173. The van der Waals surface area contributed by atoms with E-state index in [2.05, 4.69) is 10.2 Å². The van der Waals surface area contributed by atoms with Crippen LogP contribution in [-0.2, 0) is 14.3 Å².